The largest absolute Gasteiger partial charge is 0.491 e. The number of aliphatic hydroxyl groups excluding tert-OH is 1. The Kier molecular flexibility index (Phi) is 5.99. The van der Waals surface area contributed by atoms with E-state index in [1.165, 1.54) is 0 Å². The zero-order valence-electron chi connectivity index (χ0n) is 13.5. The van der Waals surface area contributed by atoms with Gasteiger partial charge in [-0.25, -0.2) is 0 Å². The topological polar surface area (TPSA) is 62.6 Å². The molecule has 0 radical (unpaired) electrons. The van der Waals surface area contributed by atoms with E-state index in [1.54, 1.807) is 30.5 Å². The molecule has 0 atom stereocenters. The summed E-state index contributed by atoms with van der Waals surface area (Å²) in [5.74, 6) is 0. The van der Waals surface area contributed by atoms with Crippen LogP contribution in [0.15, 0.2) is 71.3 Å². The van der Waals surface area contributed by atoms with Crippen LogP contribution in [-0.2, 0) is 17.9 Å². The average Bonchev–Trinajstić information content (AvgIpc) is 2.67. The van der Waals surface area contributed by atoms with Crippen molar-refractivity contribution in [2.45, 2.75) is 13.2 Å². The summed E-state index contributed by atoms with van der Waals surface area (Å²) in [4.78, 5) is 4.45. The van der Waals surface area contributed by atoms with Crippen LogP contribution in [0, 0.1) is 0 Å². The second-order valence-electron chi connectivity index (χ2n) is 5.63. The van der Waals surface area contributed by atoms with E-state index in [1.807, 2.05) is 36.4 Å². The first-order valence-electron chi connectivity index (χ1n) is 7.86. The lowest BCUT2D eigenvalue weighted by Crippen LogP contribution is -2.33. The van der Waals surface area contributed by atoms with Gasteiger partial charge in [0.15, 0.2) is 0 Å². The van der Waals surface area contributed by atoms with E-state index in [0.717, 1.165) is 26.9 Å². The molecule has 0 saturated carbocycles. The molecule has 25 heavy (non-hydrogen) atoms. The molecule has 0 aliphatic carbocycles. The number of benzene rings is 2. The van der Waals surface area contributed by atoms with Gasteiger partial charge in [-0.15, -0.1) is 0 Å². The smallest absolute Gasteiger partial charge is 0.423 e. The number of hydrogen-bond acceptors (Lipinski definition) is 4. The summed E-state index contributed by atoms with van der Waals surface area (Å²) in [5.41, 5.74) is 4.15. The van der Waals surface area contributed by atoms with Crippen LogP contribution in [0.2, 0.25) is 0 Å². The maximum atomic E-state index is 10.1. The second kappa shape index (κ2) is 8.40. The van der Waals surface area contributed by atoms with Gasteiger partial charge < -0.3 is 14.8 Å². The second-order valence-corrected chi connectivity index (χ2v) is 6.54. The third-order valence-corrected chi connectivity index (χ3v) is 4.32. The lowest BCUT2D eigenvalue weighted by atomic mass is 9.79. The van der Waals surface area contributed by atoms with Gasteiger partial charge in [0, 0.05) is 16.2 Å². The van der Waals surface area contributed by atoms with Gasteiger partial charge in [0.05, 0.1) is 18.9 Å². The number of rotatable bonds is 6. The molecule has 0 aliphatic heterocycles. The summed E-state index contributed by atoms with van der Waals surface area (Å²) in [5, 5.41) is 19.3. The molecular weight excluding hydrogens is 381 g/mol. The molecule has 0 bridgehead atoms. The van der Waals surface area contributed by atoms with Gasteiger partial charge in [-0.2, -0.15) is 0 Å². The maximum Gasteiger partial charge on any atom is 0.491 e. The first kappa shape index (κ1) is 17.8. The van der Waals surface area contributed by atoms with Gasteiger partial charge in [-0.05, 0) is 34.8 Å². The van der Waals surface area contributed by atoms with Crippen molar-refractivity contribution in [3.8, 4) is 11.3 Å². The quantitative estimate of drug-likeness (QED) is 0.628. The van der Waals surface area contributed by atoms with Crippen LogP contribution in [0.25, 0.3) is 11.3 Å². The Labute approximate surface area is 155 Å². The Morgan fingerprint density at radius 2 is 1.80 bits per heavy atom. The lowest BCUT2D eigenvalue weighted by Gasteiger charge is -2.10. The van der Waals surface area contributed by atoms with Crippen molar-refractivity contribution in [2.75, 3.05) is 0 Å². The van der Waals surface area contributed by atoms with Crippen LogP contribution in [0.4, 0.5) is 0 Å². The monoisotopic (exact) mass is 397 g/mol. The van der Waals surface area contributed by atoms with Gasteiger partial charge in [-0.1, -0.05) is 58.4 Å². The molecule has 1 aromatic heterocycles. The molecule has 126 valence electrons. The minimum atomic E-state index is -1.04. The minimum absolute atomic E-state index is 0.0675. The first-order chi connectivity index (χ1) is 12.2. The fourth-order valence-corrected chi connectivity index (χ4v) is 2.68. The van der Waals surface area contributed by atoms with E-state index in [4.69, 9.17) is 9.76 Å². The maximum absolute atomic E-state index is 10.1. The zero-order valence-corrected chi connectivity index (χ0v) is 15.1. The average molecular weight is 398 g/mol. The van der Waals surface area contributed by atoms with E-state index in [0.29, 0.717) is 5.46 Å². The van der Waals surface area contributed by atoms with Crippen LogP contribution in [0.5, 0.6) is 0 Å². The van der Waals surface area contributed by atoms with Crippen molar-refractivity contribution >= 4 is 28.5 Å². The molecule has 0 aliphatic rings. The number of aliphatic hydroxyl groups is 1. The van der Waals surface area contributed by atoms with E-state index < -0.39 is 7.12 Å². The van der Waals surface area contributed by atoms with Gasteiger partial charge in [0.1, 0.15) is 0 Å². The van der Waals surface area contributed by atoms with Gasteiger partial charge in [0.2, 0.25) is 0 Å². The fourth-order valence-electron chi connectivity index (χ4n) is 2.42. The summed E-state index contributed by atoms with van der Waals surface area (Å²) in [6, 6.07) is 18.9. The zero-order chi connectivity index (χ0) is 17.6. The molecule has 6 heteroatoms. The predicted octanol–water partition coefficient (Wildman–Crippen LogP) is 2.91. The van der Waals surface area contributed by atoms with Crippen LogP contribution in [0.3, 0.4) is 0 Å². The van der Waals surface area contributed by atoms with Crippen LogP contribution < -0.4 is 5.46 Å². The summed E-state index contributed by atoms with van der Waals surface area (Å²) in [6.45, 7) is 0.181. The molecule has 3 aromatic rings. The van der Waals surface area contributed by atoms with Gasteiger partial charge in [0.25, 0.3) is 0 Å². The Bertz CT molecular complexity index is 825. The number of aromatic nitrogens is 1. The number of pyridine rings is 1. The molecule has 3 rings (SSSR count). The van der Waals surface area contributed by atoms with Crippen molar-refractivity contribution in [2.24, 2.45) is 0 Å². The van der Waals surface area contributed by atoms with Gasteiger partial charge in [-0.3, -0.25) is 4.98 Å². The van der Waals surface area contributed by atoms with E-state index in [-0.39, 0.29) is 13.2 Å². The van der Waals surface area contributed by atoms with Crippen molar-refractivity contribution in [3.63, 3.8) is 0 Å². The van der Waals surface area contributed by atoms with Crippen molar-refractivity contribution in [3.05, 3.63) is 82.5 Å². The van der Waals surface area contributed by atoms with Crippen LogP contribution in [0.1, 0.15) is 11.1 Å². The molecule has 0 saturated heterocycles. The summed E-state index contributed by atoms with van der Waals surface area (Å²) in [7, 11) is -1.04. The minimum Gasteiger partial charge on any atom is -0.423 e. The molecule has 1 heterocycles. The van der Waals surface area contributed by atoms with E-state index >= 15 is 0 Å². The SMILES string of the molecule is OCc1cccc(B(O)OCc2ccc(-c3ccc(Br)cc3)nc2)c1. The molecule has 4 nitrogen and oxygen atoms in total. The van der Waals surface area contributed by atoms with Gasteiger partial charge >= 0.3 is 7.12 Å². The van der Waals surface area contributed by atoms with Crippen molar-refractivity contribution in [1.29, 1.82) is 0 Å². The summed E-state index contributed by atoms with van der Waals surface area (Å²) >= 11 is 3.42. The number of halogens is 1. The number of nitrogens with zero attached hydrogens (tertiary/aromatic N) is 1. The Morgan fingerprint density at radius 1 is 1.00 bits per heavy atom. The van der Waals surface area contributed by atoms with Crippen molar-refractivity contribution in [1.82, 2.24) is 4.98 Å². The molecule has 0 spiro atoms. The third kappa shape index (κ3) is 4.77. The molecule has 2 aromatic carbocycles. The Balaban J connectivity index is 1.62. The molecule has 2 N–H and O–H groups in total. The molecule has 0 amide bonds. The van der Waals surface area contributed by atoms with Crippen LogP contribution >= 0.6 is 15.9 Å². The molecule has 0 unspecified atom stereocenters. The molecular formula is C19H17BBrNO3. The Morgan fingerprint density at radius 3 is 2.48 bits per heavy atom. The van der Waals surface area contributed by atoms with Crippen molar-refractivity contribution < 1.29 is 14.8 Å². The van der Waals surface area contributed by atoms with Crippen LogP contribution in [-0.4, -0.2) is 22.2 Å². The summed E-state index contributed by atoms with van der Waals surface area (Å²) in [6.07, 6.45) is 1.74. The first-order valence-corrected chi connectivity index (χ1v) is 8.65. The highest BCUT2D eigenvalue weighted by molar-refractivity contribution is 9.10. The van der Waals surface area contributed by atoms with E-state index in [2.05, 4.69) is 20.9 Å². The number of hydrogen-bond donors (Lipinski definition) is 2. The predicted molar refractivity (Wildman–Crippen MR) is 102 cm³/mol. The lowest BCUT2D eigenvalue weighted by molar-refractivity contribution is 0.259. The summed E-state index contributed by atoms with van der Waals surface area (Å²) < 4.78 is 6.53. The normalized spacial score (nSPS) is 10.7. The highest BCUT2D eigenvalue weighted by Crippen LogP contribution is 2.20. The standard InChI is InChI=1S/C19H17BBrNO3/c21-18-7-5-16(6-8-18)19-9-4-15(11-22-19)13-25-20(24)17-3-1-2-14(10-17)12-23/h1-11,23-24H,12-13H2. The van der Waals surface area contributed by atoms with E-state index in [9.17, 15) is 5.02 Å². The Hall–Kier alpha value is -1.99. The highest BCUT2D eigenvalue weighted by Gasteiger charge is 2.16. The fraction of sp³-hybridized carbons (Fsp3) is 0.105. The highest BCUT2D eigenvalue weighted by atomic mass is 79.9. The third-order valence-electron chi connectivity index (χ3n) is 3.79. The molecule has 0 fully saturated rings.